The molecule has 2 unspecified atom stereocenters. The molecule has 0 radical (unpaired) electrons. The fourth-order valence-corrected chi connectivity index (χ4v) is 5.71. The number of fused-ring (bicyclic) bond motifs is 3. The van der Waals surface area contributed by atoms with Crippen molar-refractivity contribution in [3.63, 3.8) is 0 Å². The Morgan fingerprint density at radius 3 is 2.56 bits per heavy atom. The Morgan fingerprint density at radius 2 is 1.85 bits per heavy atom. The second-order valence-corrected chi connectivity index (χ2v) is 10.7. The van der Waals surface area contributed by atoms with Gasteiger partial charge in [-0.15, -0.1) is 0 Å². The van der Waals surface area contributed by atoms with Crippen LogP contribution >= 0.6 is 0 Å². The minimum atomic E-state index is -1.48. The maximum Gasteiger partial charge on any atom is 0.229 e. The van der Waals surface area contributed by atoms with E-state index in [0.29, 0.717) is 5.75 Å². The Labute approximate surface area is 202 Å². The summed E-state index contributed by atoms with van der Waals surface area (Å²) >= 11 is 0. The van der Waals surface area contributed by atoms with Gasteiger partial charge in [-0.1, -0.05) is 31.4 Å². The van der Waals surface area contributed by atoms with Crippen LogP contribution in [0, 0.1) is 5.92 Å². The standard InChI is InChI=1S/C27H40O7/c1-5-6-7-8-16-12-19(32-26-25(31)24(30)23(29)21(14-28)33-26)22-17-11-15(2)9-10-18(17)27(3,4)34-20(22)13-16/h9,12-13,17-18,21,23-26,28-31H,5-8,10-11,14H2,1-4H3/t17-,18-,21?,23-,24?,25+,26-/m1/s1. The molecule has 0 spiro atoms. The maximum atomic E-state index is 10.6. The zero-order chi connectivity index (χ0) is 24.6. The van der Waals surface area contributed by atoms with Gasteiger partial charge < -0.3 is 34.6 Å². The normalized spacial score (nSPS) is 34.5. The lowest BCUT2D eigenvalue weighted by molar-refractivity contribution is -0.277. The fraction of sp³-hybridized carbons (Fsp3) is 0.704. The fourth-order valence-electron chi connectivity index (χ4n) is 5.71. The van der Waals surface area contributed by atoms with Gasteiger partial charge in [-0.2, -0.15) is 0 Å². The summed E-state index contributed by atoms with van der Waals surface area (Å²) in [5.41, 5.74) is 3.05. The SMILES string of the molecule is CCCCCc1cc(O[C@@H]2OC(CO)[C@@H](O)C(O)[C@@H]2O)c2c(c1)OC(C)(C)[C@@H]1CC=C(C)C[C@@H]21. The molecule has 2 heterocycles. The summed E-state index contributed by atoms with van der Waals surface area (Å²) in [7, 11) is 0. The maximum absolute atomic E-state index is 10.6. The molecule has 4 rings (SSSR count). The van der Waals surface area contributed by atoms with Gasteiger partial charge in [0.1, 0.15) is 41.5 Å². The van der Waals surface area contributed by atoms with E-state index in [1.807, 2.05) is 6.07 Å². The Bertz CT molecular complexity index is 893. The number of hydrogen-bond donors (Lipinski definition) is 4. The van der Waals surface area contributed by atoms with Crippen LogP contribution in [0.15, 0.2) is 23.8 Å². The molecule has 4 N–H and O–H groups in total. The molecule has 7 nitrogen and oxygen atoms in total. The summed E-state index contributed by atoms with van der Waals surface area (Å²) < 4.78 is 18.5. The van der Waals surface area contributed by atoms with Gasteiger partial charge in [0, 0.05) is 17.4 Å². The van der Waals surface area contributed by atoms with Crippen LogP contribution in [0.5, 0.6) is 11.5 Å². The zero-order valence-corrected chi connectivity index (χ0v) is 20.7. The second-order valence-electron chi connectivity index (χ2n) is 10.7. The van der Waals surface area contributed by atoms with Crippen molar-refractivity contribution in [1.29, 1.82) is 0 Å². The molecular weight excluding hydrogens is 436 g/mol. The number of aryl methyl sites for hydroxylation is 1. The van der Waals surface area contributed by atoms with Crippen molar-refractivity contribution >= 4 is 0 Å². The molecule has 3 aliphatic rings. The average molecular weight is 477 g/mol. The number of aliphatic hydroxyl groups is 4. The number of aliphatic hydroxyl groups excluding tert-OH is 4. The van der Waals surface area contributed by atoms with Crippen LogP contribution in [-0.4, -0.2) is 63.3 Å². The summed E-state index contributed by atoms with van der Waals surface area (Å²) in [6.07, 6.45) is 1.67. The molecule has 34 heavy (non-hydrogen) atoms. The number of ether oxygens (including phenoxy) is 3. The van der Waals surface area contributed by atoms with Crippen LogP contribution in [-0.2, 0) is 11.2 Å². The third kappa shape index (κ3) is 4.86. The summed E-state index contributed by atoms with van der Waals surface area (Å²) in [4.78, 5) is 0. The quantitative estimate of drug-likeness (QED) is 0.353. The topological polar surface area (TPSA) is 109 Å². The van der Waals surface area contributed by atoms with E-state index in [0.717, 1.165) is 55.4 Å². The average Bonchev–Trinajstić information content (AvgIpc) is 2.78. The molecule has 0 aromatic heterocycles. The highest BCUT2D eigenvalue weighted by Gasteiger charge is 2.48. The molecule has 7 atom stereocenters. The lowest BCUT2D eigenvalue weighted by Gasteiger charge is -2.47. The van der Waals surface area contributed by atoms with Crippen molar-refractivity contribution in [3.05, 3.63) is 34.9 Å². The van der Waals surface area contributed by atoms with E-state index in [9.17, 15) is 20.4 Å². The Kier molecular flexibility index (Phi) is 7.60. The molecule has 2 aliphatic heterocycles. The number of benzene rings is 1. The van der Waals surface area contributed by atoms with Crippen LogP contribution < -0.4 is 9.47 Å². The van der Waals surface area contributed by atoms with Crippen molar-refractivity contribution < 1.29 is 34.6 Å². The number of allylic oxidation sites excluding steroid dienone is 2. The lowest BCUT2D eigenvalue weighted by atomic mass is 9.67. The van der Waals surface area contributed by atoms with Crippen molar-refractivity contribution in [2.75, 3.05) is 6.61 Å². The molecular formula is C27H40O7. The van der Waals surface area contributed by atoms with Gasteiger partial charge in [0.15, 0.2) is 0 Å². The van der Waals surface area contributed by atoms with Gasteiger partial charge in [-0.3, -0.25) is 0 Å². The summed E-state index contributed by atoms with van der Waals surface area (Å²) in [6.45, 7) is 8.11. The predicted octanol–water partition coefficient (Wildman–Crippen LogP) is 3.21. The Balaban J connectivity index is 1.74. The van der Waals surface area contributed by atoms with Gasteiger partial charge in [0.2, 0.25) is 6.29 Å². The first-order chi connectivity index (χ1) is 16.2. The molecule has 190 valence electrons. The van der Waals surface area contributed by atoms with Crippen LogP contribution in [0.4, 0.5) is 0 Å². The van der Waals surface area contributed by atoms with Gasteiger partial charge >= 0.3 is 0 Å². The van der Waals surface area contributed by atoms with E-state index in [4.69, 9.17) is 14.2 Å². The summed E-state index contributed by atoms with van der Waals surface area (Å²) in [6, 6.07) is 4.12. The molecule has 0 bridgehead atoms. The van der Waals surface area contributed by atoms with E-state index < -0.39 is 37.3 Å². The van der Waals surface area contributed by atoms with Gasteiger partial charge in [0.05, 0.1) is 6.61 Å². The van der Waals surface area contributed by atoms with Crippen molar-refractivity contribution in [3.8, 4) is 11.5 Å². The highest BCUT2D eigenvalue weighted by molar-refractivity contribution is 5.53. The van der Waals surface area contributed by atoms with E-state index in [1.54, 1.807) is 0 Å². The number of hydrogen-bond acceptors (Lipinski definition) is 7. The van der Waals surface area contributed by atoms with Crippen molar-refractivity contribution in [2.24, 2.45) is 5.92 Å². The first kappa shape index (κ1) is 25.5. The van der Waals surface area contributed by atoms with E-state index >= 15 is 0 Å². The molecule has 1 fully saturated rings. The molecule has 1 saturated heterocycles. The van der Waals surface area contributed by atoms with Crippen LogP contribution in [0.3, 0.4) is 0 Å². The first-order valence-corrected chi connectivity index (χ1v) is 12.6. The number of unbranched alkanes of at least 4 members (excludes halogenated alkanes) is 2. The molecule has 1 aromatic carbocycles. The molecule has 1 aromatic rings. The summed E-state index contributed by atoms with van der Waals surface area (Å²) in [5, 5.41) is 40.6. The van der Waals surface area contributed by atoms with Gasteiger partial charge in [-0.05, 0) is 64.2 Å². The van der Waals surface area contributed by atoms with E-state index in [1.165, 1.54) is 5.57 Å². The van der Waals surface area contributed by atoms with Crippen molar-refractivity contribution in [1.82, 2.24) is 0 Å². The van der Waals surface area contributed by atoms with Crippen LogP contribution in [0.25, 0.3) is 0 Å². The van der Waals surface area contributed by atoms with Crippen molar-refractivity contribution in [2.45, 2.75) is 108 Å². The summed E-state index contributed by atoms with van der Waals surface area (Å²) in [5.74, 6) is 1.84. The highest BCUT2D eigenvalue weighted by Crippen LogP contribution is 2.54. The molecule has 7 heteroatoms. The minimum absolute atomic E-state index is 0.188. The lowest BCUT2D eigenvalue weighted by Crippen LogP contribution is -2.60. The third-order valence-electron chi connectivity index (χ3n) is 7.71. The Hall–Kier alpha value is -1.64. The highest BCUT2D eigenvalue weighted by atomic mass is 16.7. The largest absolute Gasteiger partial charge is 0.487 e. The zero-order valence-electron chi connectivity index (χ0n) is 20.7. The van der Waals surface area contributed by atoms with Crippen LogP contribution in [0.1, 0.15) is 76.8 Å². The third-order valence-corrected chi connectivity index (χ3v) is 7.71. The van der Waals surface area contributed by atoms with Crippen LogP contribution in [0.2, 0.25) is 0 Å². The monoisotopic (exact) mass is 476 g/mol. The van der Waals surface area contributed by atoms with E-state index in [2.05, 4.69) is 39.8 Å². The van der Waals surface area contributed by atoms with E-state index in [-0.39, 0.29) is 17.4 Å². The van der Waals surface area contributed by atoms with Gasteiger partial charge in [-0.25, -0.2) is 0 Å². The van der Waals surface area contributed by atoms with Gasteiger partial charge in [0.25, 0.3) is 0 Å². The first-order valence-electron chi connectivity index (χ1n) is 12.6. The Morgan fingerprint density at radius 1 is 1.09 bits per heavy atom. The molecule has 0 saturated carbocycles. The number of rotatable bonds is 7. The molecule has 1 aliphatic carbocycles. The molecule has 0 amide bonds. The minimum Gasteiger partial charge on any atom is -0.487 e. The second kappa shape index (κ2) is 10.2. The smallest absolute Gasteiger partial charge is 0.229 e. The predicted molar refractivity (Wildman–Crippen MR) is 128 cm³/mol.